The Kier molecular flexibility index (Phi) is 5.34. The van der Waals surface area contributed by atoms with Gasteiger partial charge in [0.1, 0.15) is 17.7 Å². The fraction of sp³-hybridized carbons (Fsp3) is 0.130. The van der Waals surface area contributed by atoms with Crippen molar-refractivity contribution < 1.29 is 13.9 Å². The summed E-state index contributed by atoms with van der Waals surface area (Å²) in [7, 11) is 1.62. The van der Waals surface area contributed by atoms with Crippen molar-refractivity contribution in [1.29, 1.82) is 0 Å². The maximum atomic E-state index is 14.1. The smallest absolute Gasteiger partial charge is 0.166 e. The first kappa shape index (κ1) is 19.4. The molecule has 0 amide bonds. The van der Waals surface area contributed by atoms with Crippen LogP contribution >= 0.6 is 0 Å². The van der Waals surface area contributed by atoms with E-state index in [0.717, 1.165) is 28.0 Å². The number of aromatic nitrogens is 3. The maximum absolute atomic E-state index is 14.1. The molecule has 0 aliphatic heterocycles. The van der Waals surface area contributed by atoms with E-state index in [9.17, 15) is 4.39 Å². The van der Waals surface area contributed by atoms with Gasteiger partial charge in [0.05, 0.1) is 13.3 Å². The quantitative estimate of drug-likeness (QED) is 0.472. The Morgan fingerprint density at radius 2 is 1.80 bits per heavy atom. The summed E-state index contributed by atoms with van der Waals surface area (Å²) in [4.78, 5) is 4.22. The van der Waals surface area contributed by atoms with Gasteiger partial charge in [-0.25, -0.2) is 9.37 Å². The van der Waals surface area contributed by atoms with Gasteiger partial charge in [-0.15, -0.1) is 0 Å². The lowest BCUT2D eigenvalue weighted by Crippen LogP contribution is -2.08. The summed E-state index contributed by atoms with van der Waals surface area (Å²) in [5, 5.41) is 6.72. The molecule has 30 heavy (non-hydrogen) atoms. The zero-order valence-corrected chi connectivity index (χ0v) is 16.6. The maximum Gasteiger partial charge on any atom is 0.166 e. The molecule has 0 fully saturated rings. The third kappa shape index (κ3) is 3.96. The number of nitrogen functional groups attached to an aromatic ring is 1. The molecule has 1 atom stereocenters. The number of methoxy groups -OCH3 is 1. The fourth-order valence-electron chi connectivity index (χ4n) is 3.27. The summed E-state index contributed by atoms with van der Waals surface area (Å²) in [5.74, 6) is 1.10. The highest BCUT2D eigenvalue weighted by molar-refractivity contribution is 5.69. The normalized spacial score (nSPS) is 11.8. The summed E-state index contributed by atoms with van der Waals surface area (Å²) in [5.41, 5.74) is 10.2. The van der Waals surface area contributed by atoms with E-state index in [0.29, 0.717) is 11.3 Å². The summed E-state index contributed by atoms with van der Waals surface area (Å²) in [6.45, 7) is 1.85. The molecule has 7 heteroatoms. The van der Waals surface area contributed by atoms with Crippen LogP contribution in [0, 0.1) is 5.82 Å². The van der Waals surface area contributed by atoms with E-state index in [1.54, 1.807) is 37.8 Å². The van der Waals surface area contributed by atoms with Gasteiger partial charge in [0.15, 0.2) is 11.6 Å². The number of nitrogens with zero attached hydrogens (tertiary/aromatic N) is 2. The highest BCUT2D eigenvalue weighted by Gasteiger charge is 2.17. The molecule has 6 nitrogen and oxygen atoms in total. The van der Waals surface area contributed by atoms with Crippen molar-refractivity contribution in [3.05, 3.63) is 78.5 Å². The van der Waals surface area contributed by atoms with E-state index >= 15 is 0 Å². The Hall–Kier alpha value is -3.87. The minimum Gasteiger partial charge on any atom is -0.497 e. The number of hydrogen-bond acceptors (Lipinski definition) is 5. The summed E-state index contributed by atoms with van der Waals surface area (Å²) in [6.07, 6.45) is 4.63. The lowest BCUT2D eigenvalue weighted by atomic mass is 9.96. The largest absolute Gasteiger partial charge is 0.497 e. The van der Waals surface area contributed by atoms with Crippen LogP contribution in [-0.2, 0) is 0 Å². The SMILES string of the molecule is COc1ccc(-c2ccc(F)cc2[C@@H](C)Oc2cc(-c3cn[nH]c3)cnc2N)cc1. The summed E-state index contributed by atoms with van der Waals surface area (Å²) >= 11 is 0. The molecule has 152 valence electrons. The number of nitrogens with one attached hydrogen (secondary N) is 1. The lowest BCUT2D eigenvalue weighted by Gasteiger charge is -2.20. The molecule has 2 heterocycles. The monoisotopic (exact) mass is 404 g/mol. The van der Waals surface area contributed by atoms with Gasteiger partial charge in [-0.2, -0.15) is 5.10 Å². The van der Waals surface area contributed by atoms with Crippen LogP contribution in [0.15, 0.2) is 67.1 Å². The number of hydrogen-bond donors (Lipinski definition) is 2. The molecule has 4 rings (SSSR count). The van der Waals surface area contributed by atoms with Gasteiger partial charge in [0.2, 0.25) is 0 Å². The zero-order chi connectivity index (χ0) is 21.1. The first-order valence-corrected chi connectivity index (χ1v) is 9.40. The van der Waals surface area contributed by atoms with Gasteiger partial charge in [0.25, 0.3) is 0 Å². The van der Waals surface area contributed by atoms with E-state index in [-0.39, 0.29) is 11.6 Å². The number of H-pyrrole nitrogens is 1. The van der Waals surface area contributed by atoms with Gasteiger partial charge in [-0.3, -0.25) is 5.10 Å². The number of ether oxygens (including phenoxy) is 2. The first-order chi connectivity index (χ1) is 14.5. The number of halogens is 1. The number of rotatable bonds is 6. The van der Waals surface area contributed by atoms with E-state index in [4.69, 9.17) is 15.2 Å². The zero-order valence-electron chi connectivity index (χ0n) is 16.6. The Morgan fingerprint density at radius 1 is 1.00 bits per heavy atom. The molecule has 0 aliphatic carbocycles. The van der Waals surface area contributed by atoms with Crippen molar-refractivity contribution >= 4 is 5.82 Å². The van der Waals surface area contributed by atoms with Gasteiger partial charge in [-0.05, 0) is 48.4 Å². The van der Waals surface area contributed by atoms with Crippen molar-refractivity contribution in [2.24, 2.45) is 0 Å². The van der Waals surface area contributed by atoms with Crippen LogP contribution in [0.1, 0.15) is 18.6 Å². The predicted octanol–water partition coefficient (Wildman–Crippen LogP) is 5.01. The number of nitrogens with two attached hydrogens (primary N) is 1. The number of aromatic amines is 1. The van der Waals surface area contributed by atoms with E-state index in [1.165, 1.54) is 12.1 Å². The molecule has 0 unspecified atom stereocenters. The Labute approximate surface area is 173 Å². The summed E-state index contributed by atoms with van der Waals surface area (Å²) < 4.78 is 25.4. The van der Waals surface area contributed by atoms with Crippen LogP contribution < -0.4 is 15.2 Å². The molecular formula is C23H21FN4O2. The van der Waals surface area contributed by atoms with Crippen LogP contribution in [0.4, 0.5) is 10.2 Å². The van der Waals surface area contributed by atoms with E-state index in [1.807, 2.05) is 31.2 Å². The van der Waals surface area contributed by atoms with E-state index in [2.05, 4.69) is 15.2 Å². The highest BCUT2D eigenvalue weighted by atomic mass is 19.1. The standard InChI is InChI=1S/C23H21FN4O2/c1-14(30-22-9-16(11-26-23(22)25)17-12-27-28-13-17)21-10-18(24)5-8-20(21)15-3-6-19(29-2)7-4-15/h3-14H,1-2H3,(H2,25,26)(H,27,28)/t14-/m1/s1. The Bertz CT molecular complexity index is 1140. The second kappa shape index (κ2) is 8.24. The van der Waals surface area contributed by atoms with Crippen LogP contribution in [0.2, 0.25) is 0 Å². The molecule has 0 radical (unpaired) electrons. The van der Waals surface area contributed by atoms with Crippen molar-refractivity contribution in [3.8, 4) is 33.8 Å². The molecule has 4 aromatic rings. The fourth-order valence-corrected chi connectivity index (χ4v) is 3.27. The first-order valence-electron chi connectivity index (χ1n) is 9.40. The third-order valence-electron chi connectivity index (χ3n) is 4.87. The second-order valence-electron chi connectivity index (χ2n) is 6.81. The van der Waals surface area contributed by atoms with Crippen LogP contribution in [-0.4, -0.2) is 22.3 Å². The Morgan fingerprint density at radius 3 is 2.50 bits per heavy atom. The van der Waals surface area contributed by atoms with Crippen molar-refractivity contribution in [1.82, 2.24) is 15.2 Å². The molecule has 2 aromatic heterocycles. The summed E-state index contributed by atoms with van der Waals surface area (Å²) in [6, 6.07) is 14.1. The topological polar surface area (TPSA) is 86.0 Å². The van der Waals surface area contributed by atoms with Crippen molar-refractivity contribution in [3.63, 3.8) is 0 Å². The molecule has 3 N–H and O–H groups in total. The van der Waals surface area contributed by atoms with E-state index < -0.39 is 6.10 Å². The van der Waals surface area contributed by atoms with Gasteiger partial charge in [-0.1, -0.05) is 18.2 Å². The van der Waals surface area contributed by atoms with Crippen molar-refractivity contribution in [2.45, 2.75) is 13.0 Å². The van der Waals surface area contributed by atoms with Gasteiger partial charge >= 0.3 is 0 Å². The number of benzene rings is 2. The highest BCUT2D eigenvalue weighted by Crippen LogP contribution is 2.35. The lowest BCUT2D eigenvalue weighted by molar-refractivity contribution is 0.228. The molecule has 0 saturated heterocycles. The average Bonchev–Trinajstić information content (AvgIpc) is 3.30. The molecule has 0 saturated carbocycles. The minimum absolute atomic E-state index is 0.261. The third-order valence-corrected chi connectivity index (χ3v) is 4.87. The molecule has 0 bridgehead atoms. The molecule has 0 spiro atoms. The van der Waals surface area contributed by atoms with Gasteiger partial charge in [0, 0.05) is 29.1 Å². The average molecular weight is 404 g/mol. The Balaban J connectivity index is 1.67. The van der Waals surface area contributed by atoms with Gasteiger partial charge < -0.3 is 15.2 Å². The minimum atomic E-state index is -0.471. The number of pyridine rings is 1. The van der Waals surface area contributed by atoms with Crippen LogP contribution in [0.3, 0.4) is 0 Å². The predicted molar refractivity (Wildman–Crippen MR) is 114 cm³/mol. The van der Waals surface area contributed by atoms with Crippen LogP contribution in [0.25, 0.3) is 22.3 Å². The second-order valence-corrected chi connectivity index (χ2v) is 6.81. The van der Waals surface area contributed by atoms with Crippen molar-refractivity contribution in [2.75, 3.05) is 12.8 Å². The van der Waals surface area contributed by atoms with Crippen LogP contribution in [0.5, 0.6) is 11.5 Å². The molecule has 2 aromatic carbocycles. The molecule has 0 aliphatic rings. The number of anilines is 1. The molecular weight excluding hydrogens is 383 g/mol.